The number of hydrogen-bond acceptors (Lipinski definition) is 4. The molecule has 0 aliphatic carbocycles. The number of rotatable bonds is 6. The van der Waals surface area contributed by atoms with Crippen molar-refractivity contribution < 1.29 is 19.1 Å². The van der Waals surface area contributed by atoms with Crippen LogP contribution in [0.25, 0.3) is 0 Å². The van der Waals surface area contributed by atoms with Crippen molar-refractivity contribution in [2.24, 2.45) is 0 Å². The lowest BCUT2D eigenvalue weighted by Crippen LogP contribution is -2.27. The molecule has 130 valence electrons. The summed E-state index contributed by atoms with van der Waals surface area (Å²) in [6.07, 6.45) is 0.537. The highest BCUT2D eigenvalue weighted by molar-refractivity contribution is 6.02. The van der Waals surface area contributed by atoms with Gasteiger partial charge in [0.15, 0.2) is 0 Å². The van der Waals surface area contributed by atoms with Gasteiger partial charge in [0.1, 0.15) is 11.5 Å². The Bertz CT molecular complexity index is 782. The van der Waals surface area contributed by atoms with E-state index in [0.29, 0.717) is 30.0 Å². The van der Waals surface area contributed by atoms with E-state index >= 15 is 0 Å². The van der Waals surface area contributed by atoms with Crippen molar-refractivity contribution >= 4 is 17.5 Å². The zero-order valence-corrected chi connectivity index (χ0v) is 14.2. The molecule has 25 heavy (non-hydrogen) atoms. The average molecular weight is 340 g/mol. The Labute approximate surface area is 146 Å². The maximum Gasteiger partial charge on any atom is 0.251 e. The third-order valence-corrected chi connectivity index (χ3v) is 4.24. The van der Waals surface area contributed by atoms with E-state index in [1.807, 2.05) is 24.3 Å². The number of anilines is 1. The Kier molecular flexibility index (Phi) is 4.88. The van der Waals surface area contributed by atoms with Gasteiger partial charge in [0.2, 0.25) is 5.91 Å². The molecule has 2 amide bonds. The summed E-state index contributed by atoms with van der Waals surface area (Å²) in [5, 5.41) is 5.71. The van der Waals surface area contributed by atoms with Crippen molar-refractivity contribution in [1.29, 1.82) is 0 Å². The lowest BCUT2D eigenvalue weighted by molar-refractivity contribution is -0.117. The number of ether oxygens (including phenoxy) is 2. The molecule has 0 radical (unpaired) electrons. The van der Waals surface area contributed by atoms with Crippen LogP contribution in [-0.2, 0) is 4.79 Å². The Morgan fingerprint density at radius 2 is 1.80 bits per heavy atom. The van der Waals surface area contributed by atoms with Crippen LogP contribution in [0.15, 0.2) is 42.5 Å². The summed E-state index contributed by atoms with van der Waals surface area (Å²) in [5.41, 5.74) is 2.28. The molecule has 2 aromatic carbocycles. The molecular formula is C19H20N2O4. The average Bonchev–Trinajstić information content (AvgIpc) is 2.96. The number of methoxy groups -OCH3 is 2. The van der Waals surface area contributed by atoms with Crippen molar-refractivity contribution in [2.45, 2.75) is 12.3 Å². The second-order valence-electron chi connectivity index (χ2n) is 5.78. The maximum absolute atomic E-state index is 12.4. The molecule has 0 aromatic heterocycles. The summed E-state index contributed by atoms with van der Waals surface area (Å²) in [7, 11) is 3.07. The van der Waals surface area contributed by atoms with Gasteiger partial charge in [-0.2, -0.15) is 0 Å². The van der Waals surface area contributed by atoms with Crippen LogP contribution < -0.4 is 20.1 Å². The Balaban J connectivity index is 1.63. The smallest absolute Gasteiger partial charge is 0.251 e. The largest absolute Gasteiger partial charge is 0.497 e. The summed E-state index contributed by atoms with van der Waals surface area (Å²) in [5.74, 6) is 0.598. The van der Waals surface area contributed by atoms with Gasteiger partial charge in [-0.15, -0.1) is 0 Å². The summed E-state index contributed by atoms with van der Waals surface area (Å²) in [4.78, 5) is 24.4. The highest BCUT2D eigenvalue weighted by atomic mass is 16.5. The van der Waals surface area contributed by atoms with Gasteiger partial charge < -0.3 is 20.1 Å². The fourth-order valence-electron chi connectivity index (χ4n) is 2.93. The SMILES string of the molecule is COc1cc(OC)cc(C(=O)NCCC2C(=O)Nc3ccccc32)c1. The molecule has 1 aliphatic heterocycles. The third-order valence-electron chi connectivity index (χ3n) is 4.24. The molecule has 2 aromatic rings. The van der Waals surface area contributed by atoms with Crippen LogP contribution in [0.1, 0.15) is 28.3 Å². The first-order chi connectivity index (χ1) is 12.1. The number of benzene rings is 2. The first-order valence-electron chi connectivity index (χ1n) is 8.03. The van der Waals surface area contributed by atoms with Crippen molar-refractivity contribution in [3.05, 3.63) is 53.6 Å². The number of carbonyl (C=O) groups excluding carboxylic acids is 2. The Morgan fingerprint density at radius 1 is 1.12 bits per heavy atom. The van der Waals surface area contributed by atoms with E-state index in [1.165, 1.54) is 14.2 Å². The number of fused-ring (bicyclic) bond motifs is 1. The quantitative estimate of drug-likeness (QED) is 0.847. The number of hydrogen-bond donors (Lipinski definition) is 2. The minimum atomic E-state index is -0.239. The van der Waals surface area contributed by atoms with E-state index < -0.39 is 0 Å². The first kappa shape index (κ1) is 16.8. The molecule has 3 rings (SSSR count). The maximum atomic E-state index is 12.4. The first-order valence-corrected chi connectivity index (χ1v) is 8.03. The van der Waals surface area contributed by atoms with E-state index in [9.17, 15) is 9.59 Å². The lowest BCUT2D eigenvalue weighted by atomic mass is 9.97. The topological polar surface area (TPSA) is 76.7 Å². The molecule has 1 aliphatic rings. The predicted molar refractivity (Wildman–Crippen MR) is 94.3 cm³/mol. The van der Waals surface area contributed by atoms with Gasteiger partial charge in [0.05, 0.1) is 20.1 Å². The third kappa shape index (κ3) is 3.57. The molecule has 1 unspecified atom stereocenters. The highest BCUT2D eigenvalue weighted by Gasteiger charge is 2.29. The van der Waals surface area contributed by atoms with Gasteiger partial charge in [-0.1, -0.05) is 18.2 Å². The fraction of sp³-hybridized carbons (Fsp3) is 0.263. The van der Waals surface area contributed by atoms with Crippen LogP contribution >= 0.6 is 0 Å². The lowest BCUT2D eigenvalue weighted by Gasteiger charge is -2.11. The van der Waals surface area contributed by atoms with Crippen molar-refractivity contribution in [1.82, 2.24) is 5.32 Å². The Hall–Kier alpha value is -3.02. The molecule has 0 saturated heterocycles. The minimum Gasteiger partial charge on any atom is -0.497 e. The van der Waals surface area contributed by atoms with Crippen LogP contribution in [0.2, 0.25) is 0 Å². The van der Waals surface area contributed by atoms with Crippen LogP contribution in [0, 0.1) is 0 Å². The second-order valence-corrected chi connectivity index (χ2v) is 5.78. The summed E-state index contributed by atoms with van der Waals surface area (Å²) in [6.45, 7) is 0.394. The molecule has 0 fully saturated rings. The fourth-order valence-corrected chi connectivity index (χ4v) is 2.93. The second kappa shape index (κ2) is 7.25. The molecule has 1 atom stereocenters. The van der Waals surface area contributed by atoms with E-state index in [4.69, 9.17) is 9.47 Å². The van der Waals surface area contributed by atoms with Crippen molar-refractivity contribution in [3.63, 3.8) is 0 Å². The van der Waals surface area contributed by atoms with Gasteiger partial charge in [-0.05, 0) is 30.2 Å². The van der Waals surface area contributed by atoms with Crippen LogP contribution in [-0.4, -0.2) is 32.6 Å². The molecule has 0 spiro atoms. The van der Waals surface area contributed by atoms with E-state index in [0.717, 1.165) is 11.3 Å². The van der Waals surface area contributed by atoms with Crippen LogP contribution in [0.3, 0.4) is 0 Å². The van der Waals surface area contributed by atoms with Gasteiger partial charge in [0, 0.05) is 23.9 Å². The van der Waals surface area contributed by atoms with E-state index in [1.54, 1.807) is 18.2 Å². The molecule has 6 heteroatoms. The number of amides is 2. The zero-order valence-electron chi connectivity index (χ0n) is 14.2. The van der Waals surface area contributed by atoms with Crippen LogP contribution in [0.4, 0.5) is 5.69 Å². The van der Waals surface area contributed by atoms with E-state index in [-0.39, 0.29) is 17.7 Å². The summed E-state index contributed by atoms with van der Waals surface area (Å²) < 4.78 is 10.3. The van der Waals surface area contributed by atoms with Crippen LogP contribution in [0.5, 0.6) is 11.5 Å². The van der Waals surface area contributed by atoms with Crippen molar-refractivity contribution in [2.75, 3.05) is 26.1 Å². The summed E-state index contributed by atoms with van der Waals surface area (Å²) in [6, 6.07) is 12.6. The Morgan fingerprint density at radius 3 is 2.48 bits per heavy atom. The number of para-hydroxylation sites is 1. The van der Waals surface area contributed by atoms with Gasteiger partial charge >= 0.3 is 0 Å². The summed E-state index contributed by atoms with van der Waals surface area (Å²) >= 11 is 0. The molecule has 0 bridgehead atoms. The minimum absolute atomic E-state index is 0.0292. The number of nitrogens with one attached hydrogen (secondary N) is 2. The molecular weight excluding hydrogens is 320 g/mol. The molecule has 2 N–H and O–H groups in total. The molecule has 6 nitrogen and oxygen atoms in total. The van der Waals surface area contributed by atoms with Gasteiger partial charge in [-0.25, -0.2) is 0 Å². The zero-order chi connectivity index (χ0) is 17.8. The molecule has 1 heterocycles. The number of carbonyl (C=O) groups is 2. The normalized spacial score (nSPS) is 15.3. The van der Waals surface area contributed by atoms with Crippen molar-refractivity contribution in [3.8, 4) is 11.5 Å². The predicted octanol–water partition coefficient (Wildman–Crippen LogP) is 2.56. The standard InChI is InChI=1S/C19H20N2O4/c1-24-13-9-12(10-14(11-13)25-2)18(22)20-8-7-16-15-5-3-4-6-17(15)21-19(16)23/h3-6,9-11,16H,7-8H2,1-2H3,(H,20,22)(H,21,23). The van der Waals surface area contributed by atoms with E-state index in [2.05, 4.69) is 10.6 Å². The molecule has 0 saturated carbocycles. The highest BCUT2D eigenvalue weighted by Crippen LogP contribution is 2.33. The van der Waals surface area contributed by atoms with Gasteiger partial charge in [-0.3, -0.25) is 9.59 Å². The van der Waals surface area contributed by atoms with Gasteiger partial charge in [0.25, 0.3) is 5.91 Å². The monoisotopic (exact) mass is 340 g/mol.